The predicted molar refractivity (Wildman–Crippen MR) is 66.3 cm³/mol. The van der Waals surface area contributed by atoms with Crippen LogP contribution >= 0.6 is 0 Å². The normalized spacial score (nSPS) is 14.3. The Kier molecular flexibility index (Phi) is 3.37. The number of tetrazole rings is 1. The van der Waals surface area contributed by atoms with Crippen LogP contribution < -0.4 is 0 Å². The smallest absolute Gasteiger partial charge is 0.311 e. The Hall–Kier alpha value is -2.18. The maximum atomic E-state index is 11.3. The van der Waals surface area contributed by atoms with Crippen LogP contribution in [0.5, 0.6) is 0 Å². The van der Waals surface area contributed by atoms with Crippen molar-refractivity contribution in [1.82, 2.24) is 20.2 Å². The van der Waals surface area contributed by atoms with E-state index in [1.165, 1.54) is 4.68 Å². The number of hydrogen-bond donors (Lipinski definition) is 1. The van der Waals surface area contributed by atoms with Crippen LogP contribution in [-0.4, -0.2) is 31.3 Å². The zero-order chi connectivity index (χ0) is 14.0. The second-order valence-corrected chi connectivity index (χ2v) is 4.81. The molecule has 2 rings (SSSR count). The molecule has 0 aliphatic rings. The fourth-order valence-corrected chi connectivity index (χ4v) is 1.74. The summed E-state index contributed by atoms with van der Waals surface area (Å²) >= 11 is 0. The fraction of sp³-hybridized carbons (Fsp3) is 0.500. The number of carboxylic acids is 1. The lowest BCUT2D eigenvalue weighted by atomic mass is 9.88. The molecule has 7 heteroatoms. The van der Waals surface area contributed by atoms with Gasteiger partial charge in [0.1, 0.15) is 0 Å². The van der Waals surface area contributed by atoms with Crippen molar-refractivity contribution in [2.75, 3.05) is 0 Å². The Morgan fingerprint density at radius 3 is 2.84 bits per heavy atom. The summed E-state index contributed by atoms with van der Waals surface area (Å²) < 4.78 is 6.82. The van der Waals surface area contributed by atoms with Gasteiger partial charge in [0.15, 0.2) is 5.76 Å². The first-order chi connectivity index (χ1) is 8.98. The first kappa shape index (κ1) is 13.3. The lowest BCUT2D eigenvalue weighted by molar-refractivity contribution is -0.149. The topological polar surface area (TPSA) is 94.0 Å². The molecule has 102 valence electrons. The number of aliphatic carboxylic acids is 1. The number of rotatable bonds is 5. The highest BCUT2D eigenvalue weighted by atomic mass is 16.4. The third-order valence-electron chi connectivity index (χ3n) is 3.39. The van der Waals surface area contributed by atoms with Crippen molar-refractivity contribution < 1.29 is 14.3 Å². The average molecular weight is 264 g/mol. The van der Waals surface area contributed by atoms with Gasteiger partial charge < -0.3 is 9.52 Å². The van der Waals surface area contributed by atoms with Crippen LogP contribution in [0.2, 0.25) is 0 Å². The summed E-state index contributed by atoms with van der Waals surface area (Å²) in [6.07, 6.45) is 2.04. The number of carbonyl (C=O) groups is 1. The monoisotopic (exact) mass is 264 g/mol. The third kappa shape index (κ3) is 2.35. The molecule has 2 aromatic heterocycles. The van der Waals surface area contributed by atoms with Crippen molar-refractivity contribution >= 4 is 5.97 Å². The molecule has 0 fully saturated rings. The lowest BCUT2D eigenvalue weighted by Crippen LogP contribution is -2.32. The van der Waals surface area contributed by atoms with Gasteiger partial charge in [0.05, 0.1) is 18.2 Å². The molecule has 2 heterocycles. The Bertz CT molecular complexity index is 589. The molecule has 1 unspecified atom stereocenters. The van der Waals surface area contributed by atoms with E-state index in [1.807, 2.05) is 19.9 Å². The summed E-state index contributed by atoms with van der Waals surface area (Å²) in [5.74, 6) is 0.143. The van der Waals surface area contributed by atoms with Crippen molar-refractivity contribution in [3.8, 4) is 11.6 Å². The Morgan fingerprint density at radius 2 is 2.32 bits per heavy atom. The molecule has 0 radical (unpaired) electrons. The van der Waals surface area contributed by atoms with Gasteiger partial charge >= 0.3 is 5.97 Å². The van der Waals surface area contributed by atoms with E-state index in [9.17, 15) is 9.90 Å². The van der Waals surface area contributed by atoms with Crippen molar-refractivity contribution in [3.05, 3.63) is 17.9 Å². The molecule has 1 atom stereocenters. The number of furan rings is 1. The van der Waals surface area contributed by atoms with Crippen LogP contribution in [0.25, 0.3) is 11.6 Å². The molecule has 0 spiro atoms. The minimum Gasteiger partial charge on any atom is -0.481 e. The summed E-state index contributed by atoms with van der Waals surface area (Å²) in [6.45, 7) is 5.58. The maximum Gasteiger partial charge on any atom is 0.311 e. The van der Waals surface area contributed by atoms with E-state index in [2.05, 4.69) is 15.5 Å². The summed E-state index contributed by atoms with van der Waals surface area (Å²) in [5.41, 5.74) is -0.00506. The molecule has 0 bridgehead atoms. The first-order valence-corrected chi connectivity index (χ1v) is 6.02. The SMILES string of the molecule is CCC(C)(Cn1nnnc1-c1occc1C)C(=O)O. The van der Waals surface area contributed by atoms with Crippen LogP contribution in [0.15, 0.2) is 16.7 Å². The van der Waals surface area contributed by atoms with Gasteiger partial charge in [-0.2, -0.15) is 0 Å². The van der Waals surface area contributed by atoms with E-state index >= 15 is 0 Å². The molecule has 0 aliphatic carbocycles. The highest BCUT2D eigenvalue weighted by Gasteiger charge is 2.33. The standard InChI is InChI=1S/C12H16N4O3/c1-4-12(3,11(17)18)7-16-10(13-14-15-16)9-8(2)5-6-19-9/h5-6H,4,7H2,1-3H3,(H,17,18). The molecule has 0 saturated carbocycles. The van der Waals surface area contributed by atoms with Crippen LogP contribution in [0, 0.1) is 12.3 Å². The van der Waals surface area contributed by atoms with Crippen LogP contribution in [-0.2, 0) is 11.3 Å². The Balaban J connectivity index is 2.36. The van der Waals surface area contributed by atoms with E-state index in [-0.39, 0.29) is 6.54 Å². The summed E-state index contributed by atoms with van der Waals surface area (Å²) in [7, 11) is 0. The van der Waals surface area contributed by atoms with E-state index < -0.39 is 11.4 Å². The van der Waals surface area contributed by atoms with Gasteiger partial charge in [0.2, 0.25) is 5.82 Å². The number of nitrogens with zero attached hydrogens (tertiary/aromatic N) is 4. The molecular formula is C12H16N4O3. The number of aryl methyl sites for hydroxylation is 1. The van der Waals surface area contributed by atoms with Crippen LogP contribution in [0.4, 0.5) is 0 Å². The van der Waals surface area contributed by atoms with E-state index in [0.717, 1.165) is 5.56 Å². The first-order valence-electron chi connectivity index (χ1n) is 6.02. The van der Waals surface area contributed by atoms with Gasteiger partial charge in [-0.05, 0) is 42.3 Å². The molecule has 0 aromatic carbocycles. The zero-order valence-electron chi connectivity index (χ0n) is 11.1. The highest BCUT2D eigenvalue weighted by molar-refractivity contribution is 5.74. The summed E-state index contributed by atoms with van der Waals surface area (Å²) in [6, 6.07) is 1.81. The van der Waals surface area contributed by atoms with Gasteiger partial charge in [0, 0.05) is 0 Å². The van der Waals surface area contributed by atoms with Crippen molar-refractivity contribution in [2.45, 2.75) is 33.7 Å². The quantitative estimate of drug-likeness (QED) is 0.884. The van der Waals surface area contributed by atoms with Crippen molar-refractivity contribution in [1.29, 1.82) is 0 Å². The van der Waals surface area contributed by atoms with Crippen LogP contribution in [0.3, 0.4) is 0 Å². The Labute approximate surface area is 110 Å². The van der Waals surface area contributed by atoms with E-state index in [0.29, 0.717) is 18.0 Å². The average Bonchev–Trinajstić information content (AvgIpc) is 2.97. The predicted octanol–water partition coefficient (Wildman–Crippen LogP) is 1.74. The molecule has 2 aromatic rings. The molecule has 19 heavy (non-hydrogen) atoms. The van der Waals surface area contributed by atoms with Gasteiger partial charge in [-0.25, -0.2) is 4.68 Å². The van der Waals surface area contributed by atoms with Gasteiger partial charge in [0.25, 0.3) is 0 Å². The van der Waals surface area contributed by atoms with Crippen molar-refractivity contribution in [3.63, 3.8) is 0 Å². The summed E-state index contributed by atoms with van der Waals surface area (Å²) in [5, 5.41) is 20.7. The fourth-order valence-electron chi connectivity index (χ4n) is 1.74. The molecule has 7 nitrogen and oxygen atoms in total. The van der Waals surface area contributed by atoms with E-state index in [4.69, 9.17) is 4.42 Å². The molecular weight excluding hydrogens is 248 g/mol. The number of carboxylic acid groups (broad SMARTS) is 1. The van der Waals surface area contributed by atoms with Gasteiger partial charge in [-0.15, -0.1) is 5.10 Å². The molecule has 0 saturated heterocycles. The number of aromatic nitrogens is 4. The molecule has 1 N–H and O–H groups in total. The Morgan fingerprint density at radius 1 is 1.58 bits per heavy atom. The van der Waals surface area contributed by atoms with Gasteiger partial charge in [-0.3, -0.25) is 4.79 Å². The van der Waals surface area contributed by atoms with Crippen LogP contribution in [0.1, 0.15) is 25.8 Å². The van der Waals surface area contributed by atoms with Gasteiger partial charge in [-0.1, -0.05) is 6.92 Å². The van der Waals surface area contributed by atoms with Crippen molar-refractivity contribution in [2.24, 2.45) is 5.41 Å². The minimum absolute atomic E-state index is 0.196. The summed E-state index contributed by atoms with van der Waals surface area (Å²) in [4.78, 5) is 11.3. The maximum absolute atomic E-state index is 11.3. The molecule has 0 aliphatic heterocycles. The zero-order valence-corrected chi connectivity index (χ0v) is 11.1. The second-order valence-electron chi connectivity index (χ2n) is 4.81. The number of hydrogen-bond acceptors (Lipinski definition) is 5. The third-order valence-corrected chi connectivity index (χ3v) is 3.39. The minimum atomic E-state index is -0.912. The lowest BCUT2D eigenvalue weighted by Gasteiger charge is -2.22. The molecule has 0 amide bonds. The largest absolute Gasteiger partial charge is 0.481 e. The van der Waals surface area contributed by atoms with E-state index in [1.54, 1.807) is 13.2 Å². The second kappa shape index (κ2) is 4.83. The highest BCUT2D eigenvalue weighted by Crippen LogP contribution is 2.27.